The van der Waals surface area contributed by atoms with E-state index >= 15 is 0 Å². The van der Waals surface area contributed by atoms with E-state index in [1.165, 1.54) is 6.92 Å². The lowest BCUT2D eigenvalue weighted by atomic mass is 10.3. The summed E-state index contributed by atoms with van der Waals surface area (Å²) in [6.07, 6.45) is -4.22. The van der Waals surface area contributed by atoms with Crippen molar-refractivity contribution in [2.75, 3.05) is 0 Å². The van der Waals surface area contributed by atoms with Gasteiger partial charge in [0, 0.05) is 4.88 Å². The molecule has 0 spiro atoms. The summed E-state index contributed by atoms with van der Waals surface area (Å²) in [6.45, 7) is 1.46. The van der Waals surface area contributed by atoms with E-state index in [-0.39, 0.29) is 0 Å². The molecule has 1 rings (SSSR count). The van der Waals surface area contributed by atoms with Gasteiger partial charge in [0.2, 0.25) is 0 Å². The smallest absolute Gasteiger partial charge is 0.166 e. The van der Waals surface area contributed by atoms with E-state index in [0.717, 1.165) is 17.4 Å². The average molecular weight is 245 g/mol. The maximum absolute atomic E-state index is 12.0. The van der Waals surface area contributed by atoms with Crippen molar-refractivity contribution in [3.63, 3.8) is 0 Å². The van der Waals surface area contributed by atoms with Gasteiger partial charge in [-0.2, -0.15) is 13.2 Å². The molecule has 0 nitrogen and oxygen atoms in total. The van der Waals surface area contributed by atoms with E-state index in [2.05, 4.69) is 15.9 Å². The zero-order valence-electron chi connectivity index (χ0n) is 5.50. The molecule has 0 aliphatic heterocycles. The SMILES string of the molecule is Cc1sc(Br)cc1C(F)(F)F. The maximum Gasteiger partial charge on any atom is 0.417 e. The number of thiophene rings is 1. The molecule has 11 heavy (non-hydrogen) atoms. The summed E-state index contributed by atoms with van der Waals surface area (Å²) in [5.41, 5.74) is -0.547. The van der Waals surface area contributed by atoms with Gasteiger partial charge < -0.3 is 0 Å². The van der Waals surface area contributed by atoms with Crippen molar-refractivity contribution in [3.05, 3.63) is 20.3 Å². The molecule has 0 unspecified atom stereocenters. The minimum atomic E-state index is -4.22. The fourth-order valence-electron chi connectivity index (χ4n) is 0.727. The molecule has 0 saturated carbocycles. The van der Waals surface area contributed by atoms with Gasteiger partial charge in [-0.1, -0.05) is 0 Å². The Bertz CT molecular complexity index is 263. The summed E-state index contributed by atoms with van der Waals surface area (Å²) in [4.78, 5) is 0.296. The number of aryl methyl sites for hydroxylation is 1. The van der Waals surface area contributed by atoms with Crippen LogP contribution in [0.2, 0.25) is 0 Å². The van der Waals surface area contributed by atoms with Gasteiger partial charge in [0.15, 0.2) is 0 Å². The van der Waals surface area contributed by atoms with Crippen LogP contribution in [-0.4, -0.2) is 0 Å². The van der Waals surface area contributed by atoms with Crippen LogP contribution >= 0.6 is 27.3 Å². The number of hydrogen-bond donors (Lipinski definition) is 0. The number of rotatable bonds is 0. The largest absolute Gasteiger partial charge is 0.417 e. The van der Waals surface area contributed by atoms with E-state index < -0.39 is 11.7 Å². The minimum Gasteiger partial charge on any atom is -0.166 e. The molecule has 0 bridgehead atoms. The van der Waals surface area contributed by atoms with Crippen LogP contribution in [0.3, 0.4) is 0 Å². The fourth-order valence-corrected chi connectivity index (χ4v) is 2.44. The maximum atomic E-state index is 12.0. The molecule has 1 heterocycles. The molecule has 0 radical (unpaired) electrons. The van der Waals surface area contributed by atoms with E-state index in [1.54, 1.807) is 0 Å². The summed E-state index contributed by atoms with van der Waals surface area (Å²) in [7, 11) is 0. The van der Waals surface area contributed by atoms with Crippen molar-refractivity contribution in [1.29, 1.82) is 0 Å². The Hall–Kier alpha value is -0.0300. The first-order valence-corrected chi connectivity index (χ1v) is 4.35. The Balaban J connectivity index is 3.13. The Labute approximate surface area is 74.2 Å². The predicted molar refractivity (Wildman–Crippen MR) is 41.8 cm³/mol. The minimum absolute atomic E-state index is 0.296. The summed E-state index contributed by atoms with van der Waals surface area (Å²) in [5.74, 6) is 0. The third-order valence-electron chi connectivity index (χ3n) is 1.19. The third kappa shape index (κ3) is 1.96. The Morgan fingerprint density at radius 1 is 1.45 bits per heavy atom. The van der Waals surface area contributed by atoms with E-state index in [0.29, 0.717) is 8.66 Å². The van der Waals surface area contributed by atoms with Gasteiger partial charge in [-0.15, -0.1) is 11.3 Å². The molecule has 0 N–H and O–H groups in total. The molecular weight excluding hydrogens is 241 g/mol. The van der Waals surface area contributed by atoms with E-state index in [4.69, 9.17) is 0 Å². The molecule has 5 heteroatoms. The normalized spacial score (nSPS) is 12.1. The van der Waals surface area contributed by atoms with Crippen molar-refractivity contribution in [2.24, 2.45) is 0 Å². The molecule has 0 amide bonds. The van der Waals surface area contributed by atoms with Gasteiger partial charge in [0.1, 0.15) is 0 Å². The molecule has 62 valence electrons. The van der Waals surface area contributed by atoms with Crippen LogP contribution in [-0.2, 0) is 6.18 Å². The fraction of sp³-hybridized carbons (Fsp3) is 0.333. The van der Waals surface area contributed by atoms with Gasteiger partial charge >= 0.3 is 6.18 Å². The van der Waals surface area contributed by atoms with Crippen molar-refractivity contribution >= 4 is 27.3 Å². The summed E-state index contributed by atoms with van der Waals surface area (Å²) in [5, 5.41) is 0. The van der Waals surface area contributed by atoms with Crippen LogP contribution in [0.4, 0.5) is 13.2 Å². The first-order valence-electron chi connectivity index (χ1n) is 2.74. The van der Waals surface area contributed by atoms with E-state index in [9.17, 15) is 13.2 Å². The highest BCUT2D eigenvalue weighted by Crippen LogP contribution is 2.37. The van der Waals surface area contributed by atoms with Crippen LogP contribution in [0.5, 0.6) is 0 Å². The van der Waals surface area contributed by atoms with Crippen molar-refractivity contribution in [1.82, 2.24) is 0 Å². The predicted octanol–water partition coefficient (Wildman–Crippen LogP) is 3.84. The lowest BCUT2D eigenvalue weighted by Gasteiger charge is -2.03. The zero-order valence-corrected chi connectivity index (χ0v) is 7.90. The highest BCUT2D eigenvalue weighted by Gasteiger charge is 2.33. The molecule has 0 atom stereocenters. The van der Waals surface area contributed by atoms with Crippen LogP contribution in [0, 0.1) is 6.92 Å². The molecular formula is C6H4BrF3S. The second-order valence-corrected chi connectivity index (χ2v) is 4.65. The van der Waals surface area contributed by atoms with Gasteiger partial charge in [-0.25, -0.2) is 0 Å². The molecule has 1 aromatic heterocycles. The molecule has 0 aliphatic rings. The van der Waals surface area contributed by atoms with Gasteiger partial charge in [0.05, 0.1) is 9.35 Å². The topological polar surface area (TPSA) is 0 Å². The van der Waals surface area contributed by atoms with Crippen LogP contribution in [0.15, 0.2) is 9.85 Å². The molecule has 0 aromatic carbocycles. The summed E-state index contributed by atoms with van der Waals surface area (Å²) < 4.78 is 36.7. The third-order valence-corrected chi connectivity index (χ3v) is 2.75. The quantitative estimate of drug-likeness (QED) is 0.651. The van der Waals surface area contributed by atoms with Gasteiger partial charge in [-0.3, -0.25) is 0 Å². The lowest BCUT2D eigenvalue weighted by Crippen LogP contribution is -2.04. The first-order chi connectivity index (χ1) is 4.91. The Kier molecular flexibility index (Phi) is 2.29. The molecule has 0 saturated heterocycles. The summed E-state index contributed by atoms with van der Waals surface area (Å²) in [6, 6.07) is 1.10. The Morgan fingerprint density at radius 2 is 2.00 bits per heavy atom. The Morgan fingerprint density at radius 3 is 2.18 bits per heavy atom. The molecule has 0 fully saturated rings. The second-order valence-electron chi connectivity index (χ2n) is 2.02. The molecule has 1 aromatic rings. The van der Waals surface area contributed by atoms with Crippen molar-refractivity contribution in [3.8, 4) is 0 Å². The number of halogens is 4. The second kappa shape index (κ2) is 2.79. The standard InChI is InChI=1S/C6H4BrF3S/c1-3-4(6(8,9)10)2-5(7)11-3/h2H,1H3. The van der Waals surface area contributed by atoms with Crippen molar-refractivity contribution < 1.29 is 13.2 Å². The monoisotopic (exact) mass is 244 g/mol. The van der Waals surface area contributed by atoms with E-state index in [1.807, 2.05) is 0 Å². The number of alkyl halides is 3. The van der Waals surface area contributed by atoms with Gasteiger partial charge in [0.25, 0.3) is 0 Å². The zero-order chi connectivity index (χ0) is 8.65. The van der Waals surface area contributed by atoms with Crippen molar-refractivity contribution in [2.45, 2.75) is 13.1 Å². The van der Waals surface area contributed by atoms with Gasteiger partial charge in [-0.05, 0) is 28.9 Å². The lowest BCUT2D eigenvalue weighted by molar-refractivity contribution is -0.137. The van der Waals surface area contributed by atoms with Crippen LogP contribution in [0.25, 0.3) is 0 Å². The van der Waals surface area contributed by atoms with Crippen LogP contribution in [0.1, 0.15) is 10.4 Å². The molecule has 0 aliphatic carbocycles. The van der Waals surface area contributed by atoms with Crippen LogP contribution < -0.4 is 0 Å². The first kappa shape index (κ1) is 9.06. The summed E-state index contributed by atoms with van der Waals surface area (Å²) >= 11 is 4.09. The average Bonchev–Trinajstić information content (AvgIpc) is 2.08. The number of hydrogen-bond acceptors (Lipinski definition) is 1. The highest BCUT2D eigenvalue weighted by atomic mass is 79.9. The highest BCUT2D eigenvalue weighted by molar-refractivity contribution is 9.11.